The van der Waals surface area contributed by atoms with Gasteiger partial charge in [0.1, 0.15) is 30.3 Å². The van der Waals surface area contributed by atoms with Crippen LogP contribution in [-0.2, 0) is 23.4 Å². The third-order valence-electron chi connectivity index (χ3n) is 10.1. The monoisotopic (exact) mass is 548 g/mol. The molecule has 0 saturated carbocycles. The Morgan fingerprint density at radius 3 is 2.92 bits per heavy atom. The number of nitrogens with two attached hydrogens (primary N) is 1. The fraction of sp³-hybridized carbons (Fsp3) is 0.633. The summed E-state index contributed by atoms with van der Waals surface area (Å²) in [5.74, 6) is 1.30. The van der Waals surface area contributed by atoms with Crippen molar-refractivity contribution in [1.29, 1.82) is 5.26 Å². The Morgan fingerprint density at radius 1 is 1.27 bits per heavy atom. The quantitative estimate of drug-likeness (QED) is 0.543. The molecule has 0 amide bonds. The molecule has 1 aromatic carbocycles. The maximum atomic E-state index is 14.4. The van der Waals surface area contributed by atoms with Crippen LogP contribution in [-0.4, -0.2) is 71.1 Å². The molecule has 5 aliphatic rings. The van der Waals surface area contributed by atoms with E-state index in [1.165, 1.54) is 0 Å². The van der Waals surface area contributed by atoms with Crippen molar-refractivity contribution < 1.29 is 19.0 Å². The number of nitrogen functional groups attached to an aromatic ring is 1. The SMILES string of the molecule is C[C@H]1CC[C@]2(Cc3nc(OCC45CCCN4C[C@H](F)C5)nc(N4CC(CO)C4)c3CO2)c2c1ccc(N)c2C#N. The second-order valence-corrected chi connectivity index (χ2v) is 12.6. The van der Waals surface area contributed by atoms with E-state index in [9.17, 15) is 14.8 Å². The van der Waals surface area contributed by atoms with Crippen molar-refractivity contribution >= 4 is 11.5 Å². The summed E-state index contributed by atoms with van der Waals surface area (Å²) in [5, 5.41) is 19.7. The number of benzene rings is 1. The molecule has 7 rings (SSSR count). The summed E-state index contributed by atoms with van der Waals surface area (Å²) in [6.45, 7) is 5.80. The Bertz CT molecular complexity index is 1380. The molecule has 1 unspecified atom stereocenters. The van der Waals surface area contributed by atoms with Crippen LogP contribution in [0.3, 0.4) is 0 Å². The van der Waals surface area contributed by atoms with Crippen molar-refractivity contribution in [3.8, 4) is 12.1 Å². The van der Waals surface area contributed by atoms with Gasteiger partial charge in [0.05, 0.1) is 23.4 Å². The van der Waals surface area contributed by atoms with Gasteiger partial charge in [-0.25, -0.2) is 4.39 Å². The van der Waals surface area contributed by atoms with Crippen molar-refractivity contribution in [3.05, 3.63) is 40.1 Å². The second kappa shape index (κ2) is 9.54. The normalized spacial score (nSPS) is 31.4. The standard InChI is InChI=1S/C30H37FN6O3/c1-18-5-7-30(26-21(18)3-4-24(33)22(26)11-32)10-25-23(16-40-30)27(36-12-19(13-36)15-38)35-28(34-25)39-17-29-6-2-8-37(29)14-20(31)9-29/h3-4,18-20,38H,2,5-10,12-17,33H2,1H3/t18-,20+,29?,30-/m0/s1. The lowest BCUT2D eigenvalue weighted by molar-refractivity contribution is -0.0874. The highest BCUT2D eigenvalue weighted by atomic mass is 19.1. The number of fused-ring (bicyclic) bond motifs is 4. The molecule has 5 heterocycles. The van der Waals surface area contributed by atoms with E-state index in [-0.39, 0.29) is 18.1 Å². The lowest BCUT2D eigenvalue weighted by Crippen LogP contribution is -2.50. The van der Waals surface area contributed by atoms with Gasteiger partial charge < -0.3 is 25.2 Å². The first-order valence-electron chi connectivity index (χ1n) is 14.6. The number of rotatable bonds is 5. The van der Waals surface area contributed by atoms with Gasteiger partial charge in [0.2, 0.25) is 0 Å². The first-order chi connectivity index (χ1) is 19.3. The van der Waals surface area contributed by atoms with Crippen LogP contribution in [0, 0.1) is 17.2 Å². The fourth-order valence-corrected chi connectivity index (χ4v) is 7.86. The number of hydrogen-bond donors (Lipinski definition) is 2. The molecule has 212 valence electrons. The number of alkyl halides is 1. The molecule has 10 heteroatoms. The minimum atomic E-state index is -0.826. The molecule has 9 nitrogen and oxygen atoms in total. The number of aliphatic hydroxyl groups excluding tert-OH is 1. The first-order valence-corrected chi connectivity index (χ1v) is 14.6. The third-order valence-corrected chi connectivity index (χ3v) is 10.1. The van der Waals surface area contributed by atoms with Crippen LogP contribution >= 0.6 is 0 Å². The van der Waals surface area contributed by atoms with Gasteiger partial charge in [-0.05, 0) is 49.8 Å². The van der Waals surface area contributed by atoms with Crippen molar-refractivity contribution in [2.24, 2.45) is 5.92 Å². The van der Waals surface area contributed by atoms with Crippen molar-refractivity contribution in [2.75, 3.05) is 50.0 Å². The minimum absolute atomic E-state index is 0.142. The second-order valence-electron chi connectivity index (χ2n) is 12.6. The number of halogens is 1. The molecule has 1 aliphatic carbocycles. The molecule has 1 aromatic heterocycles. The molecule has 2 aromatic rings. The number of aliphatic hydroxyl groups is 1. The summed E-state index contributed by atoms with van der Waals surface area (Å²) in [6, 6.07) is 6.53. The number of aromatic nitrogens is 2. The third kappa shape index (κ3) is 3.97. The molecule has 4 atom stereocenters. The average Bonchev–Trinajstić information content (AvgIpc) is 3.44. The molecule has 0 bridgehead atoms. The number of nitrogens with zero attached hydrogens (tertiary/aromatic N) is 5. The molecule has 40 heavy (non-hydrogen) atoms. The van der Waals surface area contributed by atoms with Gasteiger partial charge in [-0.15, -0.1) is 0 Å². The maximum absolute atomic E-state index is 14.4. The van der Waals surface area contributed by atoms with Crippen molar-refractivity contribution in [1.82, 2.24) is 14.9 Å². The van der Waals surface area contributed by atoms with Crippen LogP contribution in [0.1, 0.15) is 72.9 Å². The predicted molar refractivity (Wildman–Crippen MR) is 147 cm³/mol. The summed E-state index contributed by atoms with van der Waals surface area (Å²) >= 11 is 0. The van der Waals surface area contributed by atoms with Crippen molar-refractivity contribution in [3.63, 3.8) is 0 Å². The Kier molecular flexibility index (Phi) is 6.18. The van der Waals surface area contributed by atoms with E-state index < -0.39 is 11.8 Å². The van der Waals surface area contributed by atoms with E-state index in [4.69, 9.17) is 25.2 Å². The Balaban J connectivity index is 1.26. The smallest absolute Gasteiger partial charge is 0.318 e. The highest BCUT2D eigenvalue weighted by Crippen LogP contribution is 2.51. The molecule has 3 fully saturated rings. The number of anilines is 2. The lowest BCUT2D eigenvalue weighted by Gasteiger charge is -2.46. The fourth-order valence-electron chi connectivity index (χ4n) is 7.86. The highest BCUT2D eigenvalue weighted by Gasteiger charge is 2.50. The van der Waals surface area contributed by atoms with Crippen LogP contribution in [0.5, 0.6) is 6.01 Å². The molecular formula is C30H37FN6O3. The van der Waals surface area contributed by atoms with Crippen LogP contribution in [0.15, 0.2) is 12.1 Å². The van der Waals surface area contributed by atoms with Gasteiger partial charge in [-0.1, -0.05) is 13.0 Å². The van der Waals surface area contributed by atoms with Crippen LogP contribution in [0.4, 0.5) is 15.9 Å². The van der Waals surface area contributed by atoms with Gasteiger partial charge in [-0.3, -0.25) is 4.90 Å². The van der Waals surface area contributed by atoms with E-state index in [1.54, 1.807) is 0 Å². The van der Waals surface area contributed by atoms with Crippen LogP contribution < -0.4 is 15.4 Å². The number of hydrogen-bond acceptors (Lipinski definition) is 9. The molecule has 3 N–H and O–H groups in total. The van der Waals surface area contributed by atoms with E-state index >= 15 is 0 Å². The molecule has 0 radical (unpaired) electrons. The van der Waals surface area contributed by atoms with E-state index in [1.807, 2.05) is 12.1 Å². The number of ether oxygens (including phenoxy) is 2. The summed E-state index contributed by atoms with van der Waals surface area (Å²) in [4.78, 5) is 14.2. The predicted octanol–water partition coefficient (Wildman–Crippen LogP) is 3.18. The summed E-state index contributed by atoms with van der Waals surface area (Å²) < 4.78 is 27.4. The summed E-state index contributed by atoms with van der Waals surface area (Å²) in [6.07, 6.45) is 3.82. The molecule has 4 aliphatic heterocycles. The molecule has 3 saturated heterocycles. The zero-order chi connectivity index (χ0) is 27.6. The maximum Gasteiger partial charge on any atom is 0.318 e. The van der Waals surface area contributed by atoms with Gasteiger partial charge in [-0.2, -0.15) is 15.2 Å². The van der Waals surface area contributed by atoms with Gasteiger partial charge in [0, 0.05) is 61.8 Å². The van der Waals surface area contributed by atoms with Gasteiger partial charge in [0.25, 0.3) is 0 Å². The van der Waals surface area contributed by atoms with E-state index in [2.05, 4.69) is 22.8 Å². The molecule has 1 spiro atoms. The zero-order valence-electron chi connectivity index (χ0n) is 23.0. The number of nitriles is 1. The Morgan fingerprint density at radius 2 is 2.12 bits per heavy atom. The van der Waals surface area contributed by atoms with Gasteiger partial charge in [0.15, 0.2) is 0 Å². The van der Waals surface area contributed by atoms with Crippen LogP contribution in [0.25, 0.3) is 0 Å². The summed E-state index contributed by atoms with van der Waals surface area (Å²) in [7, 11) is 0. The van der Waals surface area contributed by atoms with Crippen molar-refractivity contribution in [2.45, 2.75) is 75.3 Å². The van der Waals surface area contributed by atoms with Crippen LogP contribution in [0.2, 0.25) is 0 Å². The van der Waals surface area contributed by atoms with Gasteiger partial charge >= 0.3 is 6.01 Å². The summed E-state index contributed by atoms with van der Waals surface area (Å²) in [5.41, 5.74) is 10.1. The van der Waals surface area contributed by atoms with E-state index in [0.717, 1.165) is 60.4 Å². The topological polar surface area (TPSA) is 121 Å². The first kappa shape index (κ1) is 25.9. The largest absolute Gasteiger partial charge is 0.461 e. The zero-order valence-corrected chi connectivity index (χ0v) is 23.0. The average molecular weight is 549 g/mol. The highest BCUT2D eigenvalue weighted by molar-refractivity contribution is 5.64. The minimum Gasteiger partial charge on any atom is -0.461 e. The van der Waals surface area contributed by atoms with E-state index in [0.29, 0.717) is 68.9 Å². The lowest BCUT2D eigenvalue weighted by atomic mass is 9.69. The molecular weight excluding hydrogens is 511 g/mol. The Hall–Kier alpha value is -3.00. The Labute approximate surface area is 234 Å².